The maximum Gasteiger partial charge on any atom is -0.0355 e. The fourth-order valence-electron chi connectivity index (χ4n) is 3.31. The maximum absolute atomic E-state index is 2.46. The lowest BCUT2D eigenvalue weighted by Crippen LogP contribution is -2.40. The van der Waals surface area contributed by atoms with E-state index in [1.54, 1.807) is 19.3 Å². The molecular formula is C13H24. The van der Waals surface area contributed by atoms with Crippen LogP contribution in [0.1, 0.15) is 58.8 Å². The van der Waals surface area contributed by atoms with Gasteiger partial charge in [-0.3, -0.25) is 0 Å². The van der Waals surface area contributed by atoms with E-state index >= 15 is 0 Å². The Morgan fingerprint density at radius 3 is 2.15 bits per heavy atom. The molecule has 2 saturated carbocycles. The van der Waals surface area contributed by atoms with Crippen LogP contribution >= 0.6 is 0 Å². The smallest absolute Gasteiger partial charge is 0.0355 e. The van der Waals surface area contributed by atoms with E-state index in [-0.39, 0.29) is 0 Å². The molecule has 0 N–H and O–H groups in total. The van der Waals surface area contributed by atoms with Crippen LogP contribution in [0.2, 0.25) is 0 Å². The minimum atomic E-state index is 1.06. The molecule has 2 rings (SSSR count). The van der Waals surface area contributed by atoms with E-state index in [1.807, 2.05) is 0 Å². The van der Waals surface area contributed by atoms with E-state index in [4.69, 9.17) is 0 Å². The molecule has 2 aliphatic carbocycles. The summed E-state index contributed by atoms with van der Waals surface area (Å²) in [4.78, 5) is 0. The first-order valence-corrected chi connectivity index (χ1v) is 6.33. The Morgan fingerprint density at radius 2 is 1.77 bits per heavy atom. The molecule has 76 valence electrons. The molecule has 0 saturated heterocycles. The van der Waals surface area contributed by atoms with Crippen molar-refractivity contribution >= 4 is 0 Å². The van der Waals surface area contributed by atoms with Gasteiger partial charge in [-0.05, 0) is 42.9 Å². The number of hydrogen-bond acceptors (Lipinski definition) is 0. The van der Waals surface area contributed by atoms with Crippen LogP contribution in [0.25, 0.3) is 0 Å². The molecule has 2 fully saturated rings. The highest BCUT2D eigenvalue weighted by atomic mass is 14.5. The summed E-state index contributed by atoms with van der Waals surface area (Å²) in [5, 5.41) is 0. The zero-order valence-electron chi connectivity index (χ0n) is 9.26. The highest BCUT2D eigenvalue weighted by Crippen LogP contribution is 2.51. The topological polar surface area (TPSA) is 0 Å². The van der Waals surface area contributed by atoms with E-state index < -0.39 is 0 Å². The van der Waals surface area contributed by atoms with Crippen molar-refractivity contribution < 1.29 is 0 Å². The summed E-state index contributed by atoms with van der Waals surface area (Å²) >= 11 is 0. The molecule has 4 unspecified atom stereocenters. The third kappa shape index (κ3) is 1.78. The van der Waals surface area contributed by atoms with Crippen LogP contribution in [0.5, 0.6) is 0 Å². The molecule has 0 nitrogen and oxygen atoms in total. The van der Waals surface area contributed by atoms with Crippen molar-refractivity contribution in [3.05, 3.63) is 0 Å². The van der Waals surface area contributed by atoms with Gasteiger partial charge < -0.3 is 0 Å². The quantitative estimate of drug-likeness (QED) is 0.606. The zero-order chi connectivity index (χ0) is 9.26. The summed E-state index contributed by atoms with van der Waals surface area (Å²) in [5.41, 5.74) is 0. The molecule has 0 aromatic heterocycles. The van der Waals surface area contributed by atoms with Gasteiger partial charge >= 0.3 is 0 Å². The third-order valence-corrected chi connectivity index (χ3v) is 4.64. The van der Waals surface area contributed by atoms with Gasteiger partial charge in [0.05, 0.1) is 0 Å². The van der Waals surface area contributed by atoms with Crippen molar-refractivity contribution in [1.29, 1.82) is 0 Å². The molecule has 0 aliphatic heterocycles. The molecule has 0 spiro atoms. The summed E-state index contributed by atoms with van der Waals surface area (Å²) < 4.78 is 0. The normalized spacial score (nSPS) is 43.8. The van der Waals surface area contributed by atoms with Crippen LogP contribution < -0.4 is 0 Å². The molecule has 13 heavy (non-hydrogen) atoms. The van der Waals surface area contributed by atoms with Gasteiger partial charge in [-0.15, -0.1) is 0 Å². The van der Waals surface area contributed by atoms with E-state index in [0.29, 0.717) is 0 Å². The second kappa shape index (κ2) is 4.02. The van der Waals surface area contributed by atoms with Crippen LogP contribution in [-0.2, 0) is 0 Å². The molecule has 0 amide bonds. The molecule has 2 aliphatic rings. The van der Waals surface area contributed by atoms with E-state index in [0.717, 1.165) is 23.7 Å². The van der Waals surface area contributed by atoms with Gasteiger partial charge in [-0.25, -0.2) is 0 Å². The molecular weight excluding hydrogens is 156 g/mol. The average Bonchev–Trinajstić information content (AvgIpc) is 2.10. The minimum Gasteiger partial charge on any atom is -0.0654 e. The van der Waals surface area contributed by atoms with Crippen LogP contribution in [0.15, 0.2) is 0 Å². The Morgan fingerprint density at radius 1 is 1.00 bits per heavy atom. The molecule has 0 heterocycles. The Labute approximate surface area is 83.1 Å². The predicted molar refractivity (Wildman–Crippen MR) is 57.6 cm³/mol. The summed E-state index contributed by atoms with van der Waals surface area (Å²) in [7, 11) is 0. The van der Waals surface area contributed by atoms with Gasteiger partial charge in [0.25, 0.3) is 0 Å². The molecule has 0 heteroatoms. The molecule has 0 aromatic rings. The van der Waals surface area contributed by atoms with Gasteiger partial charge in [-0.2, -0.15) is 0 Å². The maximum atomic E-state index is 2.46. The standard InChI is InChI=1S/C13H24/c1-3-4-5-11-7-9-13(11)12-8-6-10(12)2/h10-13H,3-9H2,1-2H3. The first-order chi connectivity index (χ1) is 6.33. The van der Waals surface area contributed by atoms with Crippen molar-refractivity contribution in [3.63, 3.8) is 0 Å². The lowest BCUT2D eigenvalue weighted by atomic mass is 9.56. The van der Waals surface area contributed by atoms with Crippen LogP contribution in [0.4, 0.5) is 0 Å². The average molecular weight is 180 g/mol. The summed E-state index contributed by atoms with van der Waals surface area (Å²) in [6.45, 7) is 4.78. The Balaban J connectivity index is 1.74. The van der Waals surface area contributed by atoms with E-state index in [1.165, 1.54) is 25.7 Å². The van der Waals surface area contributed by atoms with Crippen molar-refractivity contribution in [2.24, 2.45) is 23.7 Å². The SMILES string of the molecule is CCCCC1CCC1C1CCC1C. The number of rotatable bonds is 4. The summed E-state index contributed by atoms with van der Waals surface area (Å²) in [6, 6.07) is 0. The molecule has 0 bridgehead atoms. The number of hydrogen-bond donors (Lipinski definition) is 0. The molecule has 0 aromatic carbocycles. The van der Waals surface area contributed by atoms with Gasteiger partial charge in [0.15, 0.2) is 0 Å². The fraction of sp³-hybridized carbons (Fsp3) is 1.00. The van der Waals surface area contributed by atoms with Crippen molar-refractivity contribution in [2.75, 3.05) is 0 Å². The predicted octanol–water partition coefficient (Wildman–Crippen LogP) is 4.25. The summed E-state index contributed by atoms with van der Waals surface area (Å²) in [5.74, 6) is 4.48. The highest BCUT2D eigenvalue weighted by Gasteiger charge is 2.42. The largest absolute Gasteiger partial charge is 0.0654 e. The van der Waals surface area contributed by atoms with Gasteiger partial charge in [0.1, 0.15) is 0 Å². The third-order valence-electron chi connectivity index (χ3n) is 4.64. The fourth-order valence-corrected chi connectivity index (χ4v) is 3.31. The second-order valence-electron chi connectivity index (χ2n) is 5.36. The van der Waals surface area contributed by atoms with Gasteiger partial charge in [-0.1, -0.05) is 39.5 Å². The van der Waals surface area contributed by atoms with Crippen LogP contribution in [-0.4, -0.2) is 0 Å². The first kappa shape index (κ1) is 9.55. The summed E-state index contributed by atoms with van der Waals surface area (Å²) in [6.07, 6.45) is 10.6. The van der Waals surface area contributed by atoms with Crippen molar-refractivity contribution in [1.82, 2.24) is 0 Å². The Hall–Kier alpha value is 0. The Bertz CT molecular complexity index is 161. The van der Waals surface area contributed by atoms with E-state index in [2.05, 4.69) is 13.8 Å². The van der Waals surface area contributed by atoms with Crippen molar-refractivity contribution in [3.8, 4) is 0 Å². The highest BCUT2D eigenvalue weighted by molar-refractivity contribution is 4.92. The van der Waals surface area contributed by atoms with E-state index in [9.17, 15) is 0 Å². The van der Waals surface area contributed by atoms with Crippen LogP contribution in [0.3, 0.4) is 0 Å². The molecule has 0 radical (unpaired) electrons. The lowest BCUT2D eigenvalue weighted by Gasteiger charge is -2.49. The van der Waals surface area contributed by atoms with Crippen LogP contribution in [0, 0.1) is 23.7 Å². The van der Waals surface area contributed by atoms with Gasteiger partial charge in [0, 0.05) is 0 Å². The van der Waals surface area contributed by atoms with Gasteiger partial charge in [0.2, 0.25) is 0 Å². The minimum absolute atomic E-state index is 1.06. The Kier molecular flexibility index (Phi) is 2.96. The zero-order valence-corrected chi connectivity index (χ0v) is 9.26. The second-order valence-corrected chi connectivity index (χ2v) is 5.36. The monoisotopic (exact) mass is 180 g/mol. The lowest BCUT2D eigenvalue weighted by molar-refractivity contribution is 0.00857. The first-order valence-electron chi connectivity index (χ1n) is 6.33. The number of unbranched alkanes of at least 4 members (excludes halogenated alkanes) is 1. The molecule has 4 atom stereocenters. The van der Waals surface area contributed by atoms with Crippen molar-refractivity contribution in [2.45, 2.75) is 58.8 Å².